The van der Waals surface area contributed by atoms with Gasteiger partial charge in [-0.05, 0) is 112 Å². The molecule has 59 heavy (non-hydrogen) atoms. The molecule has 0 bridgehead atoms. The van der Waals surface area contributed by atoms with Gasteiger partial charge < -0.3 is 0 Å². The average Bonchev–Trinajstić information content (AvgIpc) is 3.77. The van der Waals surface area contributed by atoms with Crippen LogP contribution in [0.25, 0.3) is 99.0 Å². The van der Waals surface area contributed by atoms with Gasteiger partial charge in [-0.1, -0.05) is 194 Å². The lowest BCUT2D eigenvalue weighted by atomic mass is 9.70. The Morgan fingerprint density at radius 3 is 1.25 bits per heavy atom. The van der Waals surface area contributed by atoms with E-state index in [0.717, 1.165) is 16.8 Å². The molecule has 0 aliphatic heterocycles. The van der Waals surface area contributed by atoms with Crippen molar-refractivity contribution in [2.75, 3.05) is 0 Å². The van der Waals surface area contributed by atoms with E-state index in [9.17, 15) is 0 Å². The Bertz CT molecular complexity index is 3440. The second-order valence-corrected chi connectivity index (χ2v) is 16.1. The summed E-state index contributed by atoms with van der Waals surface area (Å²) in [5.74, 6) is 0. The highest BCUT2D eigenvalue weighted by molar-refractivity contribution is 6.21. The molecule has 0 N–H and O–H groups in total. The number of fused-ring (bicyclic) bond motifs is 15. The van der Waals surface area contributed by atoms with Crippen LogP contribution >= 0.6 is 0 Å². The molecule has 1 heterocycles. The molecule has 1 nitrogen and oxygen atoms in total. The molecule has 0 atom stereocenters. The third kappa shape index (κ3) is 4.37. The first-order chi connectivity index (χ1) is 29.3. The Morgan fingerprint density at radius 1 is 0.271 bits per heavy atom. The van der Waals surface area contributed by atoms with Gasteiger partial charge in [-0.15, -0.1) is 0 Å². The molecule has 1 spiro atoms. The topological polar surface area (TPSA) is 12.9 Å². The van der Waals surface area contributed by atoms with E-state index in [1.54, 1.807) is 0 Å². The summed E-state index contributed by atoms with van der Waals surface area (Å²) in [5.41, 5.74) is 18.3. The van der Waals surface area contributed by atoms with Crippen molar-refractivity contribution < 1.29 is 0 Å². The summed E-state index contributed by atoms with van der Waals surface area (Å²) < 4.78 is 0. The first-order valence-corrected chi connectivity index (χ1v) is 20.5. The van der Waals surface area contributed by atoms with Gasteiger partial charge in [0.2, 0.25) is 0 Å². The van der Waals surface area contributed by atoms with E-state index in [2.05, 4.69) is 212 Å². The molecule has 0 fully saturated rings. The molecule has 0 saturated heterocycles. The lowest BCUT2D eigenvalue weighted by molar-refractivity contribution is 0.795. The van der Waals surface area contributed by atoms with Gasteiger partial charge in [-0.25, -0.2) is 4.98 Å². The molecule has 2 aliphatic rings. The predicted octanol–water partition coefficient (Wildman–Crippen LogP) is 15.0. The van der Waals surface area contributed by atoms with Crippen molar-refractivity contribution >= 4 is 43.2 Å². The largest absolute Gasteiger partial charge is 0.247 e. The third-order valence-corrected chi connectivity index (χ3v) is 13.3. The molecule has 0 unspecified atom stereocenters. The minimum Gasteiger partial charge on any atom is -0.247 e. The van der Waals surface area contributed by atoms with E-state index in [0.29, 0.717) is 0 Å². The van der Waals surface area contributed by atoms with E-state index in [1.807, 2.05) is 0 Å². The van der Waals surface area contributed by atoms with Crippen molar-refractivity contribution in [3.05, 3.63) is 235 Å². The zero-order valence-electron chi connectivity index (χ0n) is 32.2. The molecule has 272 valence electrons. The number of nitrogens with zero attached hydrogens (tertiary/aromatic N) is 1. The van der Waals surface area contributed by atoms with Crippen LogP contribution in [0.4, 0.5) is 0 Å². The van der Waals surface area contributed by atoms with Crippen LogP contribution in [0, 0.1) is 0 Å². The van der Waals surface area contributed by atoms with Crippen LogP contribution < -0.4 is 0 Å². The average molecular weight is 746 g/mol. The standard InChI is InChI=1S/C58H35N/c1-2-16-36(17-3-1)55-43-22-4-6-24-45(43)56(46-25-7-5-23-44(46)55)37-30-32-38(33-31-37)57-49-34-48-41-20-10-14-28-52(41)58(53(48)35-47(49)42-21-11-15-29-54(42)59-57)50-26-12-8-18-39(50)40-19-9-13-27-51(40)58/h1-35H. The van der Waals surface area contributed by atoms with E-state index in [4.69, 9.17) is 4.98 Å². The van der Waals surface area contributed by atoms with E-state index in [-0.39, 0.29) is 0 Å². The number of hydrogen-bond donors (Lipinski definition) is 0. The van der Waals surface area contributed by atoms with Gasteiger partial charge in [0.15, 0.2) is 0 Å². The quantitative estimate of drug-likeness (QED) is 0.130. The molecule has 13 rings (SSSR count). The highest BCUT2D eigenvalue weighted by Crippen LogP contribution is 2.63. The molecule has 2 aliphatic carbocycles. The monoisotopic (exact) mass is 745 g/mol. The minimum absolute atomic E-state index is 0.402. The van der Waals surface area contributed by atoms with Crippen molar-refractivity contribution in [1.82, 2.24) is 4.98 Å². The van der Waals surface area contributed by atoms with Gasteiger partial charge >= 0.3 is 0 Å². The fourth-order valence-corrected chi connectivity index (χ4v) is 10.9. The summed E-state index contributed by atoms with van der Waals surface area (Å²) in [6.45, 7) is 0. The molecule has 1 heteroatoms. The Hall–Kier alpha value is -7.61. The summed E-state index contributed by atoms with van der Waals surface area (Å²) in [4.78, 5) is 5.46. The first kappa shape index (κ1) is 32.5. The van der Waals surface area contributed by atoms with Crippen molar-refractivity contribution in [3.63, 3.8) is 0 Å². The van der Waals surface area contributed by atoms with E-state index >= 15 is 0 Å². The van der Waals surface area contributed by atoms with Gasteiger partial charge in [0, 0.05) is 16.3 Å². The maximum absolute atomic E-state index is 5.46. The smallest absolute Gasteiger partial charge is 0.0788 e. The van der Waals surface area contributed by atoms with Gasteiger partial charge in [0.1, 0.15) is 0 Å². The highest BCUT2D eigenvalue weighted by Gasteiger charge is 2.51. The van der Waals surface area contributed by atoms with Crippen molar-refractivity contribution in [3.8, 4) is 55.8 Å². The minimum atomic E-state index is -0.402. The van der Waals surface area contributed by atoms with E-state index in [1.165, 1.54) is 104 Å². The normalized spacial score (nSPS) is 13.2. The molecule has 0 amide bonds. The van der Waals surface area contributed by atoms with Crippen LogP contribution in [0.15, 0.2) is 212 Å². The van der Waals surface area contributed by atoms with Gasteiger partial charge in [0.25, 0.3) is 0 Å². The third-order valence-electron chi connectivity index (χ3n) is 13.3. The van der Waals surface area contributed by atoms with Crippen LogP contribution in [0.5, 0.6) is 0 Å². The molecule has 1 aromatic heterocycles. The Labute approximate surface area is 342 Å². The number of benzene rings is 10. The maximum atomic E-state index is 5.46. The summed E-state index contributed by atoms with van der Waals surface area (Å²) >= 11 is 0. The van der Waals surface area contributed by atoms with Crippen LogP contribution in [-0.2, 0) is 5.41 Å². The lowest BCUT2D eigenvalue weighted by Crippen LogP contribution is -2.25. The van der Waals surface area contributed by atoms with Crippen molar-refractivity contribution in [2.24, 2.45) is 0 Å². The zero-order valence-corrected chi connectivity index (χ0v) is 32.2. The van der Waals surface area contributed by atoms with Gasteiger partial charge in [-0.3, -0.25) is 0 Å². The SMILES string of the molecule is c1ccc(-c2c3ccccc3c(-c3ccc(-c4nc5ccccc5c5cc6c(cc45)-c4ccccc4C64c5ccccc5-c5ccccc54)cc3)c3ccccc23)cc1. The van der Waals surface area contributed by atoms with E-state index < -0.39 is 5.41 Å². The summed E-state index contributed by atoms with van der Waals surface area (Å²) in [5, 5.41) is 8.61. The molecular weight excluding hydrogens is 711 g/mol. The molecular formula is C58H35N. The predicted molar refractivity (Wildman–Crippen MR) is 247 cm³/mol. The number of hydrogen-bond acceptors (Lipinski definition) is 1. The van der Waals surface area contributed by atoms with Gasteiger partial charge in [-0.2, -0.15) is 0 Å². The lowest BCUT2D eigenvalue weighted by Gasteiger charge is -2.30. The Balaban J connectivity index is 1.05. The van der Waals surface area contributed by atoms with Crippen molar-refractivity contribution in [2.45, 2.75) is 5.41 Å². The summed E-state index contributed by atoms with van der Waals surface area (Å²) in [6, 6.07) is 78.5. The number of rotatable bonds is 3. The summed E-state index contributed by atoms with van der Waals surface area (Å²) in [7, 11) is 0. The molecule has 11 aromatic rings. The van der Waals surface area contributed by atoms with Crippen molar-refractivity contribution in [1.29, 1.82) is 0 Å². The fourth-order valence-electron chi connectivity index (χ4n) is 10.9. The highest BCUT2D eigenvalue weighted by atomic mass is 14.7. The zero-order chi connectivity index (χ0) is 38.7. The number of pyridine rings is 1. The fraction of sp³-hybridized carbons (Fsp3) is 0.0172. The van der Waals surface area contributed by atoms with Crippen LogP contribution in [-0.4, -0.2) is 4.98 Å². The summed E-state index contributed by atoms with van der Waals surface area (Å²) in [6.07, 6.45) is 0. The molecule has 0 radical (unpaired) electrons. The second kappa shape index (κ2) is 12.2. The van der Waals surface area contributed by atoms with Gasteiger partial charge in [0.05, 0.1) is 16.6 Å². The Morgan fingerprint density at radius 2 is 0.695 bits per heavy atom. The second-order valence-electron chi connectivity index (χ2n) is 16.1. The van der Waals surface area contributed by atoms with Crippen LogP contribution in [0.1, 0.15) is 22.3 Å². The number of aromatic nitrogens is 1. The Kier molecular flexibility index (Phi) is 6.71. The molecule has 0 saturated carbocycles. The molecule has 10 aromatic carbocycles. The number of para-hydroxylation sites is 1. The maximum Gasteiger partial charge on any atom is 0.0788 e. The first-order valence-electron chi connectivity index (χ1n) is 20.5. The van der Waals surface area contributed by atoms with Crippen LogP contribution in [0.3, 0.4) is 0 Å². The van der Waals surface area contributed by atoms with Crippen LogP contribution in [0.2, 0.25) is 0 Å².